The first-order chi connectivity index (χ1) is 9.97. The Bertz CT molecular complexity index is 658. The number of benzene rings is 2. The molecule has 2 rings (SSSR count). The van der Waals surface area contributed by atoms with Gasteiger partial charge in [-0.15, -0.1) is 0 Å². The Morgan fingerprint density at radius 3 is 2.52 bits per heavy atom. The normalized spacial score (nSPS) is 12.0. The van der Waals surface area contributed by atoms with Crippen LogP contribution in [0.1, 0.15) is 24.1 Å². The van der Waals surface area contributed by atoms with Gasteiger partial charge < -0.3 is 5.32 Å². The zero-order valence-electron chi connectivity index (χ0n) is 11.4. The number of nitrogens with one attached hydrogen (secondary N) is 1. The molecule has 0 spiro atoms. The molecule has 0 aromatic heterocycles. The molecular weight excluding hydrogens is 279 g/mol. The van der Waals surface area contributed by atoms with Gasteiger partial charge in [0.25, 0.3) is 0 Å². The molecule has 5 heteroatoms. The Balaban J connectivity index is 2.06. The largest absolute Gasteiger partial charge is 0.349 e. The Hall–Kier alpha value is -2.30. The van der Waals surface area contributed by atoms with Crippen LogP contribution in [-0.2, 0) is 11.2 Å². The van der Waals surface area contributed by atoms with Crippen molar-refractivity contribution in [3.05, 3.63) is 71.0 Å². The lowest BCUT2D eigenvalue weighted by molar-refractivity contribution is -0.121. The molecule has 1 unspecified atom stereocenters. The molecule has 0 saturated carbocycles. The lowest BCUT2D eigenvalue weighted by Crippen LogP contribution is -2.29. The fourth-order valence-corrected chi connectivity index (χ4v) is 2.03. The summed E-state index contributed by atoms with van der Waals surface area (Å²) in [6, 6.07) is 8.25. The van der Waals surface area contributed by atoms with Gasteiger partial charge in [0.05, 0.1) is 12.5 Å². The van der Waals surface area contributed by atoms with E-state index in [2.05, 4.69) is 5.32 Å². The molecule has 1 N–H and O–H groups in total. The van der Waals surface area contributed by atoms with Crippen LogP contribution in [0.25, 0.3) is 0 Å². The van der Waals surface area contributed by atoms with Crippen molar-refractivity contribution in [1.29, 1.82) is 0 Å². The highest BCUT2D eigenvalue weighted by molar-refractivity contribution is 5.79. The standard InChI is InChI=1S/C16H14F3NO/c1-10(13-9-12(17)6-7-15(13)19)20-16(21)8-11-4-2-3-5-14(11)18/h2-7,9-10H,8H2,1H3,(H,20,21). The SMILES string of the molecule is CC(NC(=O)Cc1ccccc1F)c1cc(F)ccc1F. The number of rotatable bonds is 4. The highest BCUT2D eigenvalue weighted by Crippen LogP contribution is 2.18. The number of hydrogen-bond acceptors (Lipinski definition) is 1. The van der Waals surface area contributed by atoms with Crippen LogP contribution in [-0.4, -0.2) is 5.91 Å². The van der Waals surface area contributed by atoms with Gasteiger partial charge in [0.1, 0.15) is 17.5 Å². The molecule has 0 fully saturated rings. The molecule has 1 atom stereocenters. The van der Waals surface area contributed by atoms with Crippen molar-refractivity contribution in [3.8, 4) is 0 Å². The smallest absolute Gasteiger partial charge is 0.225 e. The van der Waals surface area contributed by atoms with Gasteiger partial charge in [-0.1, -0.05) is 18.2 Å². The van der Waals surface area contributed by atoms with E-state index in [0.29, 0.717) is 0 Å². The van der Waals surface area contributed by atoms with Gasteiger partial charge in [-0.2, -0.15) is 0 Å². The van der Waals surface area contributed by atoms with Crippen LogP contribution in [0.15, 0.2) is 42.5 Å². The first-order valence-corrected chi connectivity index (χ1v) is 6.45. The van der Waals surface area contributed by atoms with Crippen molar-refractivity contribution in [2.24, 2.45) is 0 Å². The predicted molar refractivity (Wildman–Crippen MR) is 73.0 cm³/mol. The molecule has 2 aromatic carbocycles. The molecule has 110 valence electrons. The van der Waals surface area contributed by atoms with Crippen LogP contribution in [0.4, 0.5) is 13.2 Å². The van der Waals surface area contributed by atoms with Crippen molar-refractivity contribution in [3.63, 3.8) is 0 Å². The Morgan fingerprint density at radius 2 is 1.81 bits per heavy atom. The Labute approximate surface area is 120 Å². The molecule has 2 nitrogen and oxygen atoms in total. The lowest BCUT2D eigenvalue weighted by Gasteiger charge is -2.15. The third kappa shape index (κ3) is 3.84. The third-order valence-electron chi connectivity index (χ3n) is 3.11. The Morgan fingerprint density at radius 1 is 1.10 bits per heavy atom. The number of amides is 1. The quantitative estimate of drug-likeness (QED) is 0.918. The van der Waals surface area contributed by atoms with E-state index in [1.54, 1.807) is 6.07 Å². The first-order valence-electron chi connectivity index (χ1n) is 6.45. The molecule has 0 aliphatic heterocycles. The van der Waals surface area contributed by atoms with Gasteiger partial charge >= 0.3 is 0 Å². The highest BCUT2D eigenvalue weighted by atomic mass is 19.1. The average molecular weight is 293 g/mol. The average Bonchev–Trinajstić information content (AvgIpc) is 2.44. The van der Waals surface area contributed by atoms with Crippen LogP contribution < -0.4 is 5.32 Å². The minimum absolute atomic E-state index is 0.0527. The second kappa shape index (κ2) is 6.43. The van der Waals surface area contributed by atoms with E-state index < -0.39 is 29.4 Å². The summed E-state index contributed by atoms with van der Waals surface area (Å²) in [5.74, 6) is -2.12. The summed E-state index contributed by atoms with van der Waals surface area (Å²) in [6.07, 6.45) is -0.159. The fourth-order valence-electron chi connectivity index (χ4n) is 2.03. The second-order valence-electron chi connectivity index (χ2n) is 4.72. The predicted octanol–water partition coefficient (Wildman–Crippen LogP) is 3.52. The Kier molecular flexibility index (Phi) is 4.62. The molecule has 2 aromatic rings. The van der Waals surface area contributed by atoms with Crippen LogP contribution in [0.2, 0.25) is 0 Å². The van der Waals surface area contributed by atoms with E-state index in [1.807, 2.05) is 0 Å². The number of halogens is 3. The van der Waals surface area contributed by atoms with E-state index >= 15 is 0 Å². The van der Waals surface area contributed by atoms with E-state index in [9.17, 15) is 18.0 Å². The minimum atomic E-state index is -0.708. The summed E-state index contributed by atoms with van der Waals surface area (Å²) in [4.78, 5) is 11.9. The van der Waals surface area contributed by atoms with E-state index in [1.165, 1.54) is 25.1 Å². The molecular formula is C16H14F3NO. The molecule has 0 aliphatic carbocycles. The van der Waals surface area contributed by atoms with Crippen LogP contribution in [0, 0.1) is 17.5 Å². The van der Waals surface area contributed by atoms with Crippen molar-refractivity contribution in [1.82, 2.24) is 5.32 Å². The number of carbonyl (C=O) groups excluding carboxylic acids is 1. The maximum absolute atomic E-state index is 13.6. The van der Waals surface area contributed by atoms with E-state index in [0.717, 1.165) is 18.2 Å². The third-order valence-corrected chi connectivity index (χ3v) is 3.11. The molecule has 0 heterocycles. The summed E-state index contributed by atoms with van der Waals surface area (Å²) < 4.78 is 40.1. The molecule has 0 saturated heterocycles. The van der Waals surface area contributed by atoms with Crippen molar-refractivity contribution >= 4 is 5.91 Å². The monoisotopic (exact) mass is 293 g/mol. The second-order valence-corrected chi connectivity index (χ2v) is 4.72. The molecule has 0 radical (unpaired) electrons. The number of hydrogen-bond donors (Lipinski definition) is 1. The van der Waals surface area contributed by atoms with Gasteiger partial charge in [-0.3, -0.25) is 4.79 Å². The molecule has 1 amide bonds. The maximum atomic E-state index is 13.6. The van der Waals surface area contributed by atoms with Crippen LogP contribution >= 0.6 is 0 Å². The van der Waals surface area contributed by atoms with E-state index in [-0.39, 0.29) is 17.5 Å². The summed E-state index contributed by atoms with van der Waals surface area (Å²) in [7, 11) is 0. The van der Waals surface area contributed by atoms with Crippen molar-refractivity contribution in [2.45, 2.75) is 19.4 Å². The molecule has 0 bridgehead atoms. The maximum Gasteiger partial charge on any atom is 0.225 e. The number of carbonyl (C=O) groups is 1. The van der Waals surface area contributed by atoms with E-state index in [4.69, 9.17) is 0 Å². The van der Waals surface area contributed by atoms with Crippen LogP contribution in [0.3, 0.4) is 0 Å². The van der Waals surface area contributed by atoms with Gasteiger partial charge in [0.15, 0.2) is 0 Å². The van der Waals surface area contributed by atoms with Gasteiger partial charge in [0.2, 0.25) is 5.91 Å². The van der Waals surface area contributed by atoms with Crippen molar-refractivity contribution in [2.75, 3.05) is 0 Å². The zero-order valence-corrected chi connectivity index (χ0v) is 11.4. The fraction of sp³-hybridized carbons (Fsp3) is 0.188. The van der Waals surface area contributed by atoms with Gasteiger partial charge in [-0.25, -0.2) is 13.2 Å². The topological polar surface area (TPSA) is 29.1 Å². The first kappa shape index (κ1) is 15.1. The summed E-state index contributed by atoms with van der Waals surface area (Å²) >= 11 is 0. The molecule has 0 aliphatic rings. The molecule has 21 heavy (non-hydrogen) atoms. The summed E-state index contributed by atoms with van der Waals surface area (Å²) in [5.41, 5.74) is 0.304. The lowest BCUT2D eigenvalue weighted by atomic mass is 10.1. The minimum Gasteiger partial charge on any atom is -0.349 e. The van der Waals surface area contributed by atoms with Crippen LogP contribution in [0.5, 0.6) is 0 Å². The summed E-state index contributed by atoms with van der Waals surface area (Å²) in [6.45, 7) is 1.54. The van der Waals surface area contributed by atoms with Gasteiger partial charge in [-0.05, 0) is 36.8 Å². The highest BCUT2D eigenvalue weighted by Gasteiger charge is 2.15. The van der Waals surface area contributed by atoms with Crippen molar-refractivity contribution < 1.29 is 18.0 Å². The summed E-state index contributed by atoms with van der Waals surface area (Å²) in [5, 5.41) is 2.53. The zero-order chi connectivity index (χ0) is 15.4. The van der Waals surface area contributed by atoms with Gasteiger partial charge in [0, 0.05) is 5.56 Å².